The molecular formula is C13H26N2O2. The van der Waals surface area contributed by atoms with Crippen LogP contribution in [0.3, 0.4) is 0 Å². The molecule has 0 aromatic heterocycles. The summed E-state index contributed by atoms with van der Waals surface area (Å²) in [7, 11) is 0. The lowest BCUT2D eigenvalue weighted by atomic mass is 9.99. The highest BCUT2D eigenvalue weighted by molar-refractivity contribution is 5.84. The van der Waals surface area contributed by atoms with Gasteiger partial charge in [0.2, 0.25) is 5.91 Å². The van der Waals surface area contributed by atoms with Crippen LogP contribution in [0.25, 0.3) is 0 Å². The van der Waals surface area contributed by atoms with E-state index in [1.54, 1.807) is 0 Å². The quantitative estimate of drug-likeness (QED) is 0.769. The Hall–Kier alpha value is -0.610. The van der Waals surface area contributed by atoms with Crippen LogP contribution in [0.15, 0.2) is 0 Å². The molecule has 4 unspecified atom stereocenters. The van der Waals surface area contributed by atoms with Crippen LogP contribution in [0.2, 0.25) is 0 Å². The standard InChI is InChI=1S/C13H26N2O2/c1-6-9(3)12-13(16)15(11(5)14-12)8-10(4)17-7-2/h9-12,14H,6-8H2,1-5H3. The molecule has 1 N–H and O–H groups in total. The fourth-order valence-corrected chi connectivity index (χ4v) is 2.30. The van der Waals surface area contributed by atoms with Crippen LogP contribution in [0.5, 0.6) is 0 Å². The Labute approximate surface area is 105 Å². The van der Waals surface area contributed by atoms with Crippen molar-refractivity contribution in [3.05, 3.63) is 0 Å². The van der Waals surface area contributed by atoms with Gasteiger partial charge in [-0.05, 0) is 26.7 Å². The largest absolute Gasteiger partial charge is 0.377 e. The number of ether oxygens (including phenoxy) is 1. The van der Waals surface area contributed by atoms with Gasteiger partial charge in [0, 0.05) is 13.2 Å². The van der Waals surface area contributed by atoms with Gasteiger partial charge in [0.05, 0.1) is 18.3 Å². The summed E-state index contributed by atoms with van der Waals surface area (Å²) < 4.78 is 5.50. The van der Waals surface area contributed by atoms with Gasteiger partial charge in [-0.25, -0.2) is 0 Å². The van der Waals surface area contributed by atoms with E-state index < -0.39 is 0 Å². The lowest BCUT2D eigenvalue weighted by Crippen LogP contribution is -2.40. The zero-order valence-corrected chi connectivity index (χ0v) is 11.7. The van der Waals surface area contributed by atoms with Gasteiger partial charge < -0.3 is 9.64 Å². The summed E-state index contributed by atoms with van der Waals surface area (Å²) >= 11 is 0. The van der Waals surface area contributed by atoms with E-state index in [-0.39, 0.29) is 24.2 Å². The predicted molar refractivity (Wildman–Crippen MR) is 68.6 cm³/mol. The molecule has 100 valence electrons. The van der Waals surface area contributed by atoms with Crippen molar-refractivity contribution in [2.24, 2.45) is 5.92 Å². The van der Waals surface area contributed by atoms with Crippen LogP contribution in [0, 0.1) is 5.92 Å². The van der Waals surface area contributed by atoms with Crippen molar-refractivity contribution in [3.8, 4) is 0 Å². The molecule has 4 atom stereocenters. The molecule has 0 aliphatic carbocycles. The summed E-state index contributed by atoms with van der Waals surface area (Å²) in [5.74, 6) is 0.607. The van der Waals surface area contributed by atoms with Crippen molar-refractivity contribution in [2.45, 2.75) is 59.4 Å². The maximum absolute atomic E-state index is 12.3. The van der Waals surface area contributed by atoms with E-state index in [4.69, 9.17) is 4.74 Å². The Morgan fingerprint density at radius 2 is 2.06 bits per heavy atom. The van der Waals surface area contributed by atoms with Crippen molar-refractivity contribution in [1.29, 1.82) is 0 Å². The molecule has 0 spiro atoms. The van der Waals surface area contributed by atoms with E-state index in [0.29, 0.717) is 19.1 Å². The third-order valence-corrected chi connectivity index (χ3v) is 3.56. The molecule has 1 rings (SSSR count). The van der Waals surface area contributed by atoms with Crippen molar-refractivity contribution < 1.29 is 9.53 Å². The first-order valence-corrected chi connectivity index (χ1v) is 6.69. The molecule has 1 saturated heterocycles. The molecule has 4 heteroatoms. The first-order valence-electron chi connectivity index (χ1n) is 6.69. The summed E-state index contributed by atoms with van der Waals surface area (Å²) in [6.45, 7) is 11.6. The highest BCUT2D eigenvalue weighted by Crippen LogP contribution is 2.19. The van der Waals surface area contributed by atoms with Crippen LogP contribution in [-0.4, -0.2) is 42.3 Å². The second-order valence-electron chi connectivity index (χ2n) is 4.96. The van der Waals surface area contributed by atoms with Crippen molar-refractivity contribution in [1.82, 2.24) is 10.2 Å². The Balaban J connectivity index is 2.59. The van der Waals surface area contributed by atoms with Crippen molar-refractivity contribution in [2.75, 3.05) is 13.2 Å². The van der Waals surface area contributed by atoms with Crippen LogP contribution in [-0.2, 0) is 9.53 Å². The van der Waals surface area contributed by atoms with Gasteiger partial charge in [0.1, 0.15) is 0 Å². The molecule has 1 heterocycles. The molecule has 0 bridgehead atoms. The summed E-state index contributed by atoms with van der Waals surface area (Å²) in [6, 6.07) is -0.0242. The first kappa shape index (κ1) is 14.5. The van der Waals surface area contributed by atoms with Gasteiger partial charge in [-0.2, -0.15) is 0 Å². The van der Waals surface area contributed by atoms with E-state index in [0.717, 1.165) is 6.42 Å². The number of hydrogen-bond acceptors (Lipinski definition) is 3. The average molecular weight is 242 g/mol. The number of carbonyl (C=O) groups excluding carboxylic acids is 1. The number of hydrogen-bond donors (Lipinski definition) is 1. The third-order valence-electron chi connectivity index (χ3n) is 3.56. The Morgan fingerprint density at radius 1 is 1.41 bits per heavy atom. The van der Waals surface area contributed by atoms with Crippen molar-refractivity contribution in [3.63, 3.8) is 0 Å². The lowest BCUT2D eigenvalue weighted by molar-refractivity contribution is -0.132. The normalized spacial score (nSPS) is 28.5. The molecule has 1 fully saturated rings. The Bertz CT molecular complexity index is 258. The topological polar surface area (TPSA) is 41.6 Å². The summed E-state index contributed by atoms with van der Waals surface area (Å²) in [6.07, 6.45) is 1.23. The summed E-state index contributed by atoms with van der Waals surface area (Å²) in [5, 5.41) is 3.37. The van der Waals surface area contributed by atoms with E-state index in [2.05, 4.69) is 19.2 Å². The molecule has 0 aromatic rings. The number of carbonyl (C=O) groups is 1. The molecule has 0 aromatic carbocycles. The van der Waals surface area contributed by atoms with Gasteiger partial charge in [0.15, 0.2) is 0 Å². The fourth-order valence-electron chi connectivity index (χ4n) is 2.30. The number of amides is 1. The molecule has 1 aliphatic rings. The van der Waals surface area contributed by atoms with Gasteiger partial charge in [-0.1, -0.05) is 20.3 Å². The molecule has 17 heavy (non-hydrogen) atoms. The molecule has 4 nitrogen and oxygen atoms in total. The van der Waals surface area contributed by atoms with Crippen LogP contribution >= 0.6 is 0 Å². The van der Waals surface area contributed by atoms with Crippen LogP contribution in [0.1, 0.15) is 41.0 Å². The highest BCUT2D eigenvalue weighted by Gasteiger charge is 2.39. The van der Waals surface area contributed by atoms with E-state index in [1.807, 2.05) is 25.7 Å². The number of nitrogens with zero attached hydrogens (tertiary/aromatic N) is 1. The fraction of sp³-hybridized carbons (Fsp3) is 0.923. The molecule has 0 saturated carbocycles. The molecular weight excluding hydrogens is 216 g/mol. The van der Waals surface area contributed by atoms with Crippen molar-refractivity contribution >= 4 is 5.91 Å². The number of nitrogens with one attached hydrogen (secondary N) is 1. The van der Waals surface area contributed by atoms with E-state index >= 15 is 0 Å². The summed E-state index contributed by atoms with van der Waals surface area (Å²) in [5.41, 5.74) is 0. The minimum absolute atomic E-state index is 0.0242. The minimum Gasteiger partial charge on any atom is -0.377 e. The van der Waals surface area contributed by atoms with Gasteiger partial charge in [0.25, 0.3) is 0 Å². The Kier molecular flexibility index (Phi) is 5.40. The molecule has 1 amide bonds. The summed E-state index contributed by atoms with van der Waals surface area (Å²) in [4.78, 5) is 14.2. The molecule has 0 radical (unpaired) electrons. The lowest BCUT2D eigenvalue weighted by Gasteiger charge is -2.24. The number of rotatable bonds is 6. The predicted octanol–water partition coefficient (Wildman–Crippen LogP) is 1.60. The second kappa shape index (κ2) is 6.36. The van der Waals surface area contributed by atoms with Gasteiger partial charge in [-0.15, -0.1) is 0 Å². The first-order chi connectivity index (χ1) is 8.01. The van der Waals surface area contributed by atoms with E-state index in [9.17, 15) is 4.79 Å². The highest BCUT2D eigenvalue weighted by atomic mass is 16.5. The van der Waals surface area contributed by atoms with Gasteiger partial charge >= 0.3 is 0 Å². The van der Waals surface area contributed by atoms with Crippen LogP contribution < -0.4 is 5.32 Å². The van der Waals surface area contributed by atoms with E-state index in [1.165, 1.54) is 0 Å². The third kappa shape index (κ3) is 3.42. The minimum atomic E-state index is -0.0242. The average Bonchev–Trinajstić information content (AvgIpc) is 2.56. The Morgan fingerprint density at radius 3 is 2.59 bits per heavy atom. The SMILES string of the molecule is CCOC(C)CN1C(=O)C(C(C)CC)NC1C. The molecule has 1 aliphatic heterocycles. The zero-order chi connectivity index (χ0) is 13.0. The maximum atomic E-state index is 12.3. The smallest absolute Gasteiger partial charge is 0.241 e. The maximum Gasteiger partial charge on any atom is 0.241 e. The monoisotopic (exact) mass is 242 g/mol. The van der Waals surface area contributed by atoms with Crippen LogP contribution in [0.4, 0.5) is 0 Å². The second-order valence-corrected chi connectivity index (χ2v) is 4.96. The zero-order valence-electron chi connectivity index (χ0n) is 11.7. The van der Waals surface area contributed by atoms with Gasteiger partial charge in [-0.3, -0.25) is 10.1 Å².